The molecule has 3 heterocycles. The molecule has 6 rings (SSSR count). The Balaban J connectivity index is 1.43. The number of amides is 3. The minimum Gasteiger partial charge on any atom is -0.366 e. The fourth-order valence-corrected chi connectivity index (χ4v) is 5.62. The summed E-state index contributed by atoms with van der Waals surface area (Å²) in [7, 11) is 2.05. The molecule has 3 amide bonds. The number of primary amides is 1. The summed E-state index contributed by atoms with van der Waals surface area (Å²) in [5.74, 6) is -0.856. The lowest BCUT2D eigenvalue weighted by atomic mass is 9.93. The second kappa shape index (κ2) is 10.8. The first-order chi connectivity index (χ1) is 20.2. The van der Waals surface area contributed by atoms with E-state index >= 15 is 0 Å². The van der Waals surface area contributed by atoms with E-state index in [2.05, 4.69) is 27.2 Å². The van der Waals surface area contributed by atoms with Gasteiger partial charge in [0, 0.05) is 59.9 Å². The van der Waals surface area contributed by atoms with E-state index < -0.39 is 5.91 Å². The van der Waals surface area contributed by atoms with Crippen molar-refractivity contribution in [1.82, 2.24) is 19.8 Å². The lowest BCUT2D eigenvalue weighted by Crippen LogP contribution is -2.47. The molecule has 0 saturated carbocycles. The van der Waals surface area contributed by atoms with Gasteiger partial charge in [0.05, 0.1) is 11.1 Å². The van der Waals surface area contributed by atoms with Crippen LogP contribution in [0.4, 0.5) is 5.69 Å². The number of hydrogen-bond acceptors (Lipinski definition) is 5. The third kappa shape index (κ3) is 4.88. The van der Waals surface area contributed by atoms with Gasteiger partial charge in [-0.3, -0.25) is 19.4 Å². The van der Waals surface area contributed by atoms with Gasteiger partial charge in [0.15, 0.2) is 0 Å². The van der Waals surface area contributed by atoms with Crippen molar-refractivity contribution in [3.63, 3.8) is 0 Å². The normalized spacial score (nSPS) is 13.9. The number of hydrogen-bond donors (Lipinski definition) is 3. The van der Waals surface area contributed by atoms with Gasteiger partial charge in [-0.15, -0.1) is 0 Å². The topological polar surface area (TPSA) is 124 Å². The highest BCUT2D eigenvalue weighted by Crippen LogP contribution is 2.39. The van der Waals surface area contributed by atoms with Crippen molar-refractivity contribution in [2.45, 2.75) is 13.8 Å². The Morgan fingerprint density at radius 2 is 1.71 bits per heavy atom. The third-order valence-corrected chi connectivity index (χ3v) is 8.07. The Kier molecular flexibility index (Phi) is 6.96. The standard InChI is InChI=1S/C33H32N6O3/c1-19-7-12-27(35-18-19)32(41)37-26-6-4-5-22(20(26)2)23-10-11-25(31(34)40)30-29(23)24-9-8-21(17-28(24)36-30)33(42)39-15-13-38(3)14-16-39/h4-12,17-18,36H,13-16H2,1-3H3,(H2,34,40)(H,37,41). The first kappa shape index (κ1) is 27.2. The number of carbonyl (C=O) groups is 3. The molecule has 3 aromatic carbocycles. The zero-order valence-electron chi connectivity index (χ0n) is 23.8. The smallest absolute Gasteiger partial charge is 0.274 e. The fourth-order valence-electron chi connectivity index (χ4n) is 5.62. The summed E-state index contributed by atoms with van der Waals surface area (Å²) in [4.78, 5) is 50.4. The molecule has 0 atom stereocenters. The van der Waals surface area contributed by atoms with Gasteiger partial charge in [-0.25, -0.2) is 0 Å². The van der Waals surface area contributed by atoms with Crippen LogP contribution < -0.4 is 11.1 Å². The molecule has 0 aliphatic carbocycles. The average Bonchev–Trinajstić information content (AvgIpc) is 3.37. The Bertz CT molecular complexity index is 1870. The van der Waals surface area contributed by atoms with E-state index in [9.17, 15) is 14.4 Å². The molecule has 5 aromatic rings. The van der Waals surface area contributed by atoms with Crippen LogP contribution in [-0.4, -0.2) is 70.7 Å². The maximum Gasteiger partial charge on any atom is 0.274 e. The molecule has 4 N–H and O–H groups in total. The largest absolute Gasteiger partial charge is 0.366 e. The van der Waals surface area contributed by atoms with Gasteiger partial charge in [-0.05, 0) is 73.5 Å². The number of piperazine rings is 1. The molecule has 0 unspecified atom stereocenters. The number of H-pyrrole nitrogens is 1. The monoisotopic (exact) mass is 560 g/mol. The van der Waals surface area contributed by atoms with Crippen molar-refractivity contribution in [3.05, 3.63) is 94.8 Å². The maximum absolute atomic E-state index is 13.3. The number of benzene rings is 3. The Morgan fingerprint density at radius 1 is 0.929 bits per heavy atom. The molecule has 0 spiro atoms. The number of aryl methyl sites for hydroxylation is 1. The molecular weight excluding hydrogens is 528 g/mol. The summed E-state index contributed by atoms with van der Waals surface area (Å²) >= 11 is 0. The summed E-state index contributed by atoms with van der Waals surface area (Å²) in [5, 5.41) is 4.69. The highest BCUT2D eigenvalue weighted by atomic mass is 16.2. The van der Waals surface area contributed by atoms with Crippen molar-refractivity contribution < 1.29 is 14.4 Å². The van der Waals surface area contributed by atoms with Crippen molar-refractivity contribution >= 4 is 45.2 Å². The third-order valence-electron chi connectivity index (χ3n) is 8.07. The number of fused-ring (bicyclic) bond motifs is 3. The first-order valence-electron chi connectivity index (χ1n) is 13.9. The zero-order valence-corrected chi connectivity index (χ0v) is 23.8. The molecule has 42 heavy (non-hydrogen) atoms. The van der Waals surface area contributed by atoms with E-state index in [1.807, 2.05) is 67.3 Å². The minimum atomic E-state index is -0.546. The van der Waals surface area contributed by atoms with E-state index in [1.165, 1.54) is 0 Å². The lowest BCUT2D eigenvalue weighted by Gasteiger charge is -2.32. The summed E-state index contributed by atoms with van der Waals surface area (Å²) in [5.41, 5.74) is 12.7. The zero-order chi connectivity index (χ0) is 29.5. The quantitative estimate of drug-likeness (QED) is 0.287. The van der Waals surface area contributed by atoms with Crippen LogP contribution in [0.15, 0.2) is 66.9 Å². The van der Waals surface area contributed by atoms with Crippen LogP contribution in [0, 0.1) is 13.8 Å². The van der Waals surface area contributed by atoms with Crippen LogP contribution >= 0.6 is 0 Å². The number of pyridine rings is 1. The maximum atomic E-state index is 13.3. The second-order valence-electron chi connectivity index (χ2n) is 10.9. The van der Waals surface area contributed by atoms with E-state index in [1.54, 1.807) is 18.3 Å². The van der Waals surface area contributed by atoms with E-state index in [0.29, 0.717) is 41.1 Å². The van der Waals surface area contributed by atoms with Crippen LogP contribution in [0.3, 0.4) is 0 Å². The summed E-state index contributed by atoms with van der Waals surface area (Å²) in [6.07, 6.45) is 1.66. The lowest BCUT2D eigenvalue weighted by molar-refractivity contribution is 0.0664. The number of rotatable bonds is 5. The molecule has 212 valence electrons. The number of aromatic nitrogens is 2. The number of nitrogens with two attached hydrogens (primary N) is 1. The van der Waals surface area contributed by atoms with Crippen LogP contribution in [-0.2, 0) is 0 Å². The van der Waals surface area contributed by atoms with E-state index in [0.717, 1.165) is 51.6 Å². The van der Waals surface area contributed by atoms with Crippen molar-refractivity contribution in [2.75, 3.05) is 38.5 Å². The van der Waals surface area contributed by atoms with Crippen molar-refractivity contribution in [2.24, 2.45) is 5.73 Å². The molecule has 1 aliphatic rings. The molecule has 1 saturated heterocycles. The van der Waals surface area contributed by atoms with Crippen molar-refractivity contribution in [1.29, 1.82) is 0 Å². The Hall–Kier alpha value is -5.02. The van der Waals surface area contributed by atoms with Gasteiger partial charge in [0.1, 0.15) is 5.69 Å². The number of likely N-dealkylation sites (N-methyl/N-ethyl adjacent to an activating group) is 1. The number of anilines is 1. The van der Waals surface area contributed by atoms with Crippen LogP contribution in [0.25, 0.3) is 32.9 Å². The van der Waals surface area contributed by atoms with Crippen LogP contribution in [0.2, 0.25) is 0 Å². The molecule has 9 nitrogen and oxygen atoms in total. The minimum absolute atomic E-state index is 0.0126. The van der Waals surface area contributed by atoms with E-state index in [-0.39, 0.29) is 11.8 Å². The highest BCUT2D eigenvalue weighted by Gasteiger charge is 2.23. The van der Waals surface area contributed by atoms with Crippen molar-refractivity contribution in [3.8, 4) is 11.1 Å². The van der Waals surface area contributed by atoms with Gasteiger partial charge in [0.25, 0.3) is 17.7 Å². The average molecular weight is 561 g/mol. The van der Waals surface area contributed by atoms with Gasteiger partial charge in [0.2, 0.25) is 0 Å². The number of nitrogens with zero attached hydrogens (tertiary/aromatic N) is 3. The summed E-state index contributed by atoms with van der Waals surface area (Å²) < 4.78 is 0. The molecular formula is C33H32N6O3. The molecule has 0 bridgehead atoms. The highest BCUT2D eigenvalue weighted by molar-refractivity contribution is 6.20. The van der Waals surface area contributed by atoms with Gasteiger partial charge in [-0.1, -0.05) is 30.3 Å². The van der Waals surface area contributed by atoms with Crippen LogP contribution in [0.1, 0.15) is 42.3 Å². The Labute approximate surface area is 243 Å². The van der Waals surface area contributed by atoms with Gasteiger partial charge in [-0.2, -0.15) is 0 Å². The Morgan fingerprint density at radius 3 is 2.43 bits per heavy atom. The summed E-state index contributed by atoms with van der Waals surface area (Å²) in [6.45, 7) is 6.91. The number of carbonyl (C=O) groups excluding carboxylic acids is 3. The molecule has 1 aliphatic heterocycles. The predicted octanol–water partition coefficient (Wildman–Crippen LogP) is 4.74. The molecule has 2 aromatic heterocycles. The number of aromatic amines is 1. The molecule has 0 radical (unpaired) electrons. The number of nitrogens with one attached hydrogen (secondary N) is 2. The predicted molar refractivity (Wildman–Crippen MR) is 165 cm³/mol. The SMILES string of the molecule is Cc1ccc(C(=O)Nc2cccc(-c3ccc(C(N)=O)c4[nH]c5cc(C(=O)N6CCN(C)CC6)ccc5c34)c2C)nc1. The fraction of sp³-hybridized carbons (Fsp3) is 0.212. The van der Waals surface area contributed by atoms with Gasteiger partial charge < -0.3 is 25.8 Å². The van der Waals surface area contributed by atoms with Gasteiger partial charge >= 0.3 is 0 Å². The molecule has 9 heteroatoms. The summed E-state index contributed by atoms with van der Waals surface area (Å²) in [6, 6.07) is 18.5. The first-order valence-corrected chi connectivity index (χ1v) is 13.9. The van der Waals surface area contributed by atoms with E-state index in [4.69, 9.17) is 5.73 Å². The van der Waals surface area contributed by atoms with Crippen LogP contribution in [0.5, 0.6) is 0 Å². The molecule has 1 fully saturated rings. The second-order valence-corrected chi connectivity index (χ2v) is 10.9.